The van der Waals surface area contributed by atoms with E-state index in [1.54, 1.807) is 12.4 Å². The van der Waals surface area contributed by atoms with Crippen LogP contribution in [-0.4, -0.2) is 21.2 Å². The van der Waals surface area contributed by atoms with E-state index in [9.17, 15) is 5.11 Å². The van der Waals surface area contributed by atoms with Gasteiger partial charge in [0.25, 0.3) is 0 Å². The van der Waals surface area contributed by atoms with Crippen molar-refractivity contribution in [1.82, 2.24) is 9.97 Å². The SMILES string of the molecule is C#CC(O)Cc1ccc(-c2cnc(C)nc2)cc1. The Hall–Kier alpha value is -2.18. The first kappa shape index (κ1) is 12.3. The second-order valence-corrected chi connectivity index (χ2v) is 4.10. The summed E-state index contributed by atoms with van der Waals surface area (Å²) in [4.78, 5) is 8.32. The highest BCUT2D eigenvalue weighted by atomic mass is 16.3. The maximum Gasteiger partial charge on any atom is 0.125 e. The molecule has 2 rings (SSSR count). The Bertz CT molecular complexity index is 553. The number of aliphatic hydroxyl groups is 1. The van der Waals surface area contributed by atoms with Crippen LogP contribution in [0.2, 0.25) is 0 Å². The van der Waals surface area contributed by atoms with Crippen molar-refractivity contribution in [3.63, 3.8) is 0 Å². The minimum absolute atomic E-state index is 0.473. The van der Waals surface area contributed by atoms with E-state index in [-0.39, 0.29) is 0 Å². The molecule has 0 radical (unpaired) electrons. The van der Waals surface area contributed by atoms with Gasteiger partial charge in [-0.25, -0.2) is 9.97 Å². The van der Waals surface area contributed by atoms with E-state index in [1.165, 1.54) is 0 Å². The molecule has 1 unspecified atom stereocenters. The van der Waals surface area contributed by atoms with E-state index in [1.807, 2.05) is 31.2 Å². The third-order valence-corrected chi connectivity index (χ3v) is 2.69. The fraction of sp³-hybridized carbons (Fsp3) is 0.200. The lowest BCUT2D eigenvalue weighted by Gasteiger charge is -2.05. The molecule has 1 aromatic heterocycles. The summed E-state index contributed by atoms with van der Waals surface area (Å²) in [5.41, 5.74) is 3.04. The third kappa shape index (κ3) is 2.93. The molecular formula is C15H14N2O. The number of aliphatic hydroxyl groups excluding tert-OH is 1. The van der Waals surface area contributed by atoms with E-state index in [4.69, 9.17) is 6.42 Å². The van der Waals surface area contributed by atoms with Crippen molar-refractivity contribution < 1.29 is 5.11 Å². The fourth-order valence-electron chi connectivity index (χ4n) is 1.66. The summed E-state index contributed by atoms with van der Waals surface area (Å²) < 4.78 is 0. The number of nitrogens with zero attached hydrogens (tertiary/aromatic N) is 2. The van der Waals surface area contributed by atoms with Crippen LogP contribution in [0.15, 0.2) is 36.7 Å². The average Bonchev–Trinajstić information content (AvgIpc) is 2.40. The normalized spacial score (nSPS) is 11.8. The van der Waals surface area contributed by atoms with Crippen molar-refractivity contribution in [3.8, 4) is 23.5 Å². The second-order valence-electron chi connectivity index (χ2n) is 4.10. The van der Waals surface area contributed by atoms with Crippen LogP contribution in [0, 0.1) is 19.3 Å². The molecule has 18 heavy (non-hydrogen) atoms. The van der Waals surface area contributed by atoms with Gasteiger partial charge >= 0.3 is 0 Å². The van der Waals surface area contributed by atoms with Crippen molar-refractivity contribution in [3.05, 3.63) is 48.0 Å². The molecule has 0 spiro atoms. The lowest BCUT2D eigenvalue weighted by atomic mass is 10.0. The molecule has 0 aliphatic heterocycles. The first-order valence-corrected chi connectivity index (χ1v) is 5.71. The zero-order valence-electron chi connectivity index (χ0n) is 10.2. The highest BCUT2D eigenvalue weighted by Gasteiger charge is 2.03. The third-order valence-electron chi connectivity index (χ3n) is 2.69. The van der Waals surface area contributed by atoms with Crippen LogP contribution in [0.5, 0.6) is 0 Å². The van der Waals surface area contributed by atoms with Crippen molar-refractivity contribution in [1.29, 1.82) is 0 Å². The molecule has 3 nitrogen and oxygen atoms in total. The molecule has 1 atom stereocenters. The topological polar surface area (TPSA) is 46.0 Å². The lowest BCUT2D eigenvalue weighted by Crippen LogP contribution is -2.06. The van der Waals surface area contributed by atoms with E-state index < -0.39 is 6.10 Å². The number of hydrogen-bond acceptors (Lipinski definition) is 3. The van der Waals surface area contributed by atoms with E-state index in [0.717, 1.165) is 22.5 Å². The monoisotopic (exact) mass is 238 g/mol. The van der Waals surface area contributed by atoms with Crippen molar-refractivity contribution >= 4 is 0 Å². The summed E-state index contributed by atoms with van der Waals surface area (Å²) >= 11 is 0. The van der Waals surface area contributed by atoms with Gasteiger partial charge in [0.15, 0.2) is 0 Å². The Balaban J connectivity index is 2.17. The van der Waals surface area contributed by atoms with Crippen LogP contribution in [0.3, 0.4) is 0 Å². The molecular weight excluding hydrogens is 224 g/mol. The van der Waals surface area contributed by atoms with Crippen LogP contribution in [0.4, 0.5) is 0 Å². The summed E-state index contributed by atoms with van der Waals surface area (Å²) in [6.45, 7) is 1.86. The predicted molar refractivity (Wildman–Crippen MR) is 70.7 cm³/mol. The smallest absolute Gasteiger partial charge is 0.125 e. The Kier molecular flexibility index (Phi) is 3.71. The number of rotatable bonds is 3. The molecule has 0 saturated heterocycles. The minimum atomic E-state index is -0.724. The Morgan fingerprint density at radius 2 is 1.78 bits per heavy atom. The van der Waals surface area contributed by atoms with Gasteiger partial charge in [-0.15, -0.1) is 6.42 Å². The molecule has 0 aliphatic rings. The molecule has 90 valence electrons. The average molecular weight is 238 g/mol. The van der Waals surface area contributed by atoms with Crippen LogP contribution < -0.4 is 0 Å². The molecule has 0 aliphatic carbocycles. The Morgan fingerprint density at radius 3 is 2.33 bits per heavy atom. The van der Waals surface area contributed by atoms with Gasteiger partial charge in [-0.2, -0.15) is 0 Å². The molecule has 1 heterocycles. The zero-order valence-corrected chi connectivity index (χ0v) is 10.2. The number of benzene rings is 1. The van der Waals surface area contributed by atoms with Crippen molar-refractivity contribution in [2.45, 2.75) is 19.4 Å². The molecule has 0 fully saturated rings. The van der Waals surface area contributed by atoms with Crippen LogP contribution in [-0.2, 0) is 6.42 Å². The molecule has 2 aromatic rings. The Labute approximate surface area is 107 Å². The summed E-state index contributed by atoms with van der Waals surface area (Å²) in [7, 11) is 0. The largest absolute Gasteiger partial charge is 0.380 e. The lowest BCUT2D eigenvalue weighted by molar-refractivity contribution is 0.233. The number of terminal acetylenes is 1. The quantitative estimate of drug-likeness (QED) is 0.832. The van der Waals surface area contributed by atoms with E-state index in [2.05, 4.69) is 15.9 Å². The number of hydrogen-bond donors (Lipinski definition) is 1. The molecule has 0 amide bonds. The van der Waals surface area contributed by atoms with Crippen LogP contribution >= 0.6 is 0 Å². The first-order valence-electron chi connectivity index (χ1n) is 5.71. The summed E-state index contributed by atoms with van der Waals surface area (Å²) in [5, 5.41) is 9.37. The number of aryl methyl sites for hydroxylation is 1. The van der Waals surface area contributed by atoms with Crippen molar-refractivity contribution in [2.75, 3.05) is 0 Å². The van der Waals surface area contributed by atoms with Crippen molar-refractivity contribution in [2.24, 2.45) is 0 Å². The molecule has 0 bridgehead atoms. The Morgan fingerprint density at radius 1 is 1.17 bits per heavy atom. The zero-order chi connectivity index (χ0) is 13.0. The van der Waals surface area contributed by atoms with Gasteiger partial charge in [0, 0.05) is 24.4 Å². The van der Waals surface area contributed by atoms with Gasteiger partial charge in [-0.1, -0.05) is 30.2 Å². The second kappa shape index (κ2) is 5.44. The van der Waals surface area contributed by atoms with Crippen LogP contribution in [0.1, 0.15) is 11.4 Å². The van der Waals surface area contributed by atoms with Gasteiger partial charge in [-0.3, -0.25) is 0 Å². The standard InChI is InChI=1S/C15H14N2O/c1-3-15(18)8-12-4-6-13(7-5-12)14-9-16-11(2)17-10-14/h1,4-7,9-10,15,18H,8H2,2H3. The van der Waals surface area contributed by atoms with Gasteiger partial charge in [0.05, 0.1) is 0 Å². The highest BCUT2D eigenvalue weighted by Crippen LogP contribution is 2.18. The van der Waals surface area contributed by atoms with E-state index in [0.29, 0.717) is 6.42 Å². The summed E-state index contributed by atoms with van der Waals surface area (Å²) in [5.74, 6) is 3.06. The first-order chi connectivity index (χ1) is 8.69. The van der Waals surface area contributed by atoms with Gasteiger partial charge in [0.1, 0.15) is 11.9 Å². The summed E-state index contributed by atoms with van der Waals surface area (Å²) in [6.07, 6.45) is 8.49. The maximum atomic E-state index is 9.37. The fourth-order valence-corrected chi connectivity index (χ4v) is 1.66. The number of aromatic nitrogens is 2. The van der Waals surface area contributed by atoms with Gasteiger partial charge in [-0.05, 0) is 18.1 Å². The molecule has 1 aromatic carbocycles. The molecule has 0 saturated carbocycles. The highest BCUT2D eigenvalue weighted by molar-refractivity contribution is 5.61. The van der Waals surface area contributed by atoms with Gasteiger partial charge < -0.3 is 5.11 Å². The van der Waals surface area contributed by atoms with E-state index >= 15 is 0 Å². The summed E-state index contributed by atoms with van der Waals surface area (Å²) in [6, 6.07) is 7.87. The van der Waals surface area contributed by atoms with Crippen LogP contribution in [0.25, 0.3) is 11.1 Å². The maximum absolute atomic E-state index is 9.37. The van der Waals surface area contributed by atoms with Gasteiger partial charge in [0.2, 0.25) is 0 Å². The molecule has 3 heteroatoms. The minimum Gasteiger partial charge on any atom is -0.380 e. The molecule has 1 N–H and O–H groups in total. The predicted octanol–water partition coefficient (Wildman–Crippen LogP) is 1.99.